The average Bonchev–Trinajstić information content (AvgIpc) is 2.77. The predicted octanol–water partition coefficient (Wildman–Crippen LogP) is 2.97. The van der Waals surface area contributed by atoms with Gasteiger partial charge in [0, 0.05) is 5.56 Å². The third kappa shape index (κ3) is 4.62. The zero-order chi connectivity index (χ0) is 20.7. The molecule has 0 heterocycles. The summed E-state index contributed by atoms with van der Waals surface area (Å²) < 4.78 is 5.75. The molecule has 0 saturated carbocycles. The third-order valence-electron chi connectivity index (χ3n) is 4.54. The van der Waals surface area contributed by atoms with Gasteiger partial charge in [0.15, 0.2) is 5.54 Å². The first-order valence-electron chi connectivity index (χ1n) is 9.04. The van der Waals surface area contributed by atoms with Gasteiger partial charge in [-0.05, 0) is 35.4 Å². The largest absolute Gasteiger partial charge is 0.489 e. The molecule has 0 bridgehead atoms. The highest BCUT2D eigenvalue weighted by atomic mass is 16.5. The van der Waals surface area contributed by atoms with E-state index in [4.69, 9.17) is 4.74 Å². The van der Waals surface area contributed by atoms with Gasteiger partial charge >= 0.3 is 5.97 Å². The lowest BCUT2D eigenvalue weighted by atomic mass is 9.90. The average molecular weight is 391 g/mol. The smallest absolute Gasteiger partial charge is 0.336 e. The molecule has 148 valence electrons. The molecule has 0 fully saturated rings. The highest BCUT2D eigenvalue weighted by Crippen LogP contribution is 2.26. The van der Waals surface area contributed by atoms with E-state index in [1.54, 1.807) is 42.5 Å². The molecule has 6 heteroatoms. The molecule has 1 amide bonds. The summed E-state index contributed by atoms with van der Waals surface area (Å²) in [4.78, 5) is 24.7. The second-order valence-electron chi connectivity index (χ2n) is 6.49. The number of benzene rings is 3. The summed E-state index contributed by atoms with van der Waals surface area (Å²) in [6.45, 7) is -0.511. The SMILES string of the molecule is O=C(N[C@@](CO)(C(=O)O)c1cccc(OCc2ccccc2)c1)c1ccccc1. The number of aliphatic hydroxyl groups is 1. The summed E-state index contributed by atoms with van der Waals surface area (Å²) >= 11 is 0. The molecule has 0 aliphatic rings. The van der Waals surface area contributed by atoms with Crippen molar-refractivity contribution in [3.8, 4) is 5.75 Å². The van der Waals surface area contributed by atoms with Crippen LogP contribution in [-0.4, -0.2) is 28.7 Å². The molecule has 0 spiro atoms. The van der Waals surface area contributed by atoms with Crippen LogP contribution >= 0.6 is 0 Å². The lowest BCUT2D eigenvalue weighted by Crippen LogP contribution is -2.54. The summed E-state index contributed by atoms with van der Waals surface area (Å²) in [5.74, 6) is -1.54. The Labute approximate surface area is 168 Å². The number of aliphatic carboxylic acids is 1. The van der Waals surface area contributed by atoms with Crippen LogP contribution in [0.4, 0.5) is 0 Å². The number of rotatable bonds is 8. The summed E-state index contributed by atoms with van der Waals surface area (Å²) in [7, 11) is 0. The zero-order valence-electron chi connectivity index (χ0n) is 15.6. The van der Waals surface area contributed by atoms with E-state index in [0.29, 0.717) is 17.9 Å². The normalized spacial score (nSPS) is 12.6. The molecule has 6 nitrogen and oxygen atoms in total. The summed E-state index contributed by atoms with van der Waals surface area (Å²) in [5.41, 5.74) is -0.536. The number of nitrogens with one attached hydrogen (secondary N) is 1. The molecule has 0 saturated heterocycles. The molecule has 3 rings (SSSR count). The van der Waals surface area contributed by atoms with Crippen LogP contribution < -0.4 is 10.1 Å². The number of hydrogen-bond acceptors (Lipinski definition) is 4. The number of carboxylic acid groups (broad SMARTS) is 1. The van der Waals surface area contributed by atoms with Crippen molar-refractivity contribution in [1.29, 1.82) is 0 Å². The summed E-state index contributed by atoms with van der Waals surface area (Å²) in [6, 6.07) is 24.1. The van der Waals surface area contributed by atoms with Crippen molar-refractivity contribution in [2.45, 2.75) is 12.1 Å². The molecule has 0 aliphatic heterocycles. The fourth-order valence-corrected chi connectivity index (χ4v) is 2.90. The van der Waals surface area contributed by atoms with Crippen LogP contribution in [0.15, 0.2) is 84.9 Å². The first-order valence-corrected chi connectivity index (χ1v) is 9.04. The number of ether oxygens (including phenoxy) is 1. The second-order valence-corrected chi connectivity index (χ2v) is 6.49. The Bertz CT molecular complexity index is 975. The quantitative estimate of drug-likeness (QED) is 0.549. The molecule has 3 aromatic rings. The van der Waals surface area contributed by atoms with Crippen LogP contribution in [0.1, 0.15) is 21.5 Å². The van der Waals surface area contributed by atoms with Crippen LogP contribution in [-0.2, 0) is 16.9 Å². The first kappa shape index (κ1) is 20.1. The van der Waals surface area contributed by atoms with E-state index in [2.05, 4.69) is 5.32 Å². The molecule has 3 aromatic carbocycles. The van der Waals surface area contributed by atoms with Gasteiger partial charge in [0.25, 0.3) is 5.91 Å². The van der Waals surface area contributed by atoms with Gasteiger partial charge in [0.05, 0.1) is 6.61 Å². The first-order chi connectivity index (χ1) is 14.0. The maximum absolute atomic E-state index is 12.6. The van der Waals surface area contributed by atoms with Gasteiger partial charge in [-0.15, -0.1) is 0 Å². The van der Waals surface area contributed by atoms with Crippen LogP contribution in [0.2, 0.25) is 0 Å². The standard InChI is InChI=1S/C23H21NO5/c25-16-23(22(27)28,24-21(26)18-10-5-2-6-11-18)19-12-7-13-20(14-19)29-15-17-8-3-1-4-9-17/h1-14,25H,15-16H2,(H,24,26)(H,27,28)/t23-/m1/s1. The predicted molar refractivity (Wildman–Crippen MR) is 108 cm³/mol. The van der Waals surface area contributed by atoms with Gasteiger partial charge < -0.3 is 20.3 Å². The number of carboxylic acids is 1. The maximum Gasteiger partial charge on any atom is 0.336 e. The molecular formula is C23H21NO5. The monoisotopic (exact) mass is 391 g/mol. The minimum atomic E-state index is -2.00. The van der Waals surface area contributed by atoms with Crippen molar-refractivity contribution in [3.63, 3.8) is 0 Å². The van der Waals surface area contributed by atoms with Crippen LogP contribution in [0.5, 0.6) is 5.75 Å². The Hall–Kier alpha value is -3.64. The molecule has 3 N–H and O–H groups in total. The van der Waals surface area contributed by atoms with E-state index in [1.165, 1.54) is 12.1 Å². The molecule has 0 aromatic heterocycles. The second kappa shape index (κ2) is 9.03. The highest BCUT2D eigenvalue weighted by molar-refractivity contribution is 5.98. The lowest BCUT2D eigenvalue weighted by Gasteiger charge is -2.29. The molecule has 0 radical (unpaired) electrons. The zero-order valence-corrected chi connectivity index (χ0v) is 15.6. The van der Waals surface area contributed by atoms with E-state index < -0.39 is 24.0 Å². The number of carbonyl (C=O) groups excluding carboxylic acids is 1. The Morgan fingerprint density at radius 3 is 2.17 bits per heavy atom. The minimum absolute atomic E-state index is 0.211. The van der Waals surface area contributed by atoms with Crippen molar-refractivity contribution < 1.29 is 24.5 Å². The molecular weight excluding hydrogens is 370 g/mol. The van der Waals surface area contributed by atoms with Gasteiger partial charge in [-0.1, -0.05) is 60.7 Å². The number of amides is 1. The Balaban J connectivity index is 1.86. The van der Waals surface area contributed by atoms with Gasteiger partial charge in [0.2, 0.25) is 0 Å². The fraction of sp³-hybridized carbons (Fsp3) is 0.130. The number of aliphatic hydroxyl groups excluding tert-OH is 1. The maximum atomic E-state index is 12.6. The molecule has 29 heavy (non-hydrogen) atoms. The van der Waals surface area contributed by atoms with Crippen molar-refractivity contribution in [2.75, 3.05) is 6.61 Å². The van der Waals surface area contributed by atoms with Gasteiger partial charge in [-0.2, -0.15) is 0 Å². The molecule has 1 atom stereocenters. The molecule has 0 unspecified atom stereocenters. The van der Waals surface area contributed by atoms with E-state index in [-0.39, 0.29) is 5.56 Å². The van der Waals surface area contributed by atoms with Crippen molar-refractivity contribution in [1.82, 2.24) is 5.32 Å². The Kier molecular flexibility index (Phi) is 6.26. The van der Waals surface area contributed by atoms with Crippen molar-refractivity contribution in [3.05, 3.63) is 102 Å². The van der Waals surface area contributed by atoms with Crippen LogP contribution in [0, 0.1) is 0 Å². The van der Waals surface area contributed by atoms with E-state index >= 15 is 0 Å². The van der Waals surface area contributed by atoms with Crippen molar-refractivity contribution >= 4 is 11.9 Å². The van der Waals surface area contributed by atoms with E-state index in [9.17, 15) is 19.8 Å². The van der Waals surface area contributed by atoms with Crippen molar-refractivity contribution in [2.24, 2.45) is 0 Å². The fourth-order valence-electron chi connectivity index (χ4n) is 2.90. The summed E-state index contributed by atoms with van der Waals surface area (Å²) in [6.07, 6.45) is 0. The molecule has 0 aliphatic carbocycles. The van der Waals surface area contributed by atoms with Crippen LogP contribution in [0.25, 0.3) is 0 Å². The Morgan fingerprint density at radius 2 is 1.55 bits per heavy atom. The van der Waals surface area contributed by atoms with Gasteiger partial charge in [0.1, 0.15) is 12.4 Å². The Morgan fingerprint density at radius 1 is 0.897 bits per heavy atom. The third-order valence-corrected chi connectivity index (χ3v) is 4.54. The van der Waals surface area contributed by atoms with Crippen LogP contribution in [0.3, 0.4) is 0 Å². The minimum Gasteiger partial charge on any atom is -0.489 e. The van der Waals surface area contributed by atoms with E-state index in [1.807, 2.05) is 30.3 Å². The topological polar surface area (TPSA) is 95.9 Å². The lowest BCUT2D eigenvalue weighted by molar-refractivity contribution is -0.146. The summed E-state index contributed by atoms with van der Waals surface area (Å²) in [5, 5.41) is 22.3. The van der Waals surface area contributed by atoms with Gasteiger partial charge in [-0.3, -0.25) is 4.79 Å². The number of hydrogen-bond donors (Lipinski definition) is 3. The van der Waals surface area contributed by atoms with Gasteiger partial charge in [-0.25, -0.2) is 4.79 Å². The van der Waals surface area contributed by atoms with E-state index in [0.717, 1.165) is 5.56 Å². The number of carbonyl (C=O) groups is 2. The highest BCUT2D eigenvalue weighted by Gasteiger charge is 2.42.